The van der Waals surface area contributed by atoms with Crippen molar-refractivity contribution in [2.75, 3.05) is 26.3 Å². The minimum atomic E-state index is -0.715. The Bertz CT molecular complexity index is 266. The number of aliphatic carboxylic acids is 1. The predicted octanol–water partition coefficient (Wildman–Crippen LogP) is 1.08. The Labute approximate surface area is 102 Å². The smallest absolute Gasteiger partial charge is 0.303 e. The van der Waals surface area contributed by atoms with Crippen molar-refractivity contribution in [3.8, 4) is 0 Å². The zero-order valence-corrected chi connectivity index (χ0v) is 10.4. The minimum Gasteiger partial charge on any atom is -0.481 e. The van der Waals surface area contributed by atoms with Gasteiger partial charge in [-0.1, -0.05) is 0 Å². The molecular weight excluding hydrogens is 222 g/mol. The van der Waals surface area contributed by atoms with Gasteiger partial charge < -0.3 is 19.5 Å². The normalized spacial score (nSPS) is 26.2. The molecule has 0 saturated carbocycles. The number of carbonyl (C=O) groups is 1. The van der Waals surface area contributed by atoms with Gasteiger partial charge >= 0.3 is 5.97 Å². The lowest BCUT2D eigenvalue weighted by Crippen LogP contribution is -2.48. The summed E-state index contributed by atoms with van der Waals surface area (Å²) >= 11 is 0. The number of carboxylic acids is 1. The van der Waals surface area contributed by atoms with Gasteiger partial charge in [0.25, 0.3) is 0 Å². The van der Waals surface area contributed by atoms with Gasteiger partial charge in [-0.25, -0.2) is 0 Å². The Morgan fingerprint density at radius 3 is 2.47 bits per heavy atom. The first-order chi connectivity index (χ1) is 8.11. The molecule has 0 radical (unpaired) electrons. The van der Waals surface area contributed by atoms with Crippen LogP contribution in [0.3, 0.4) is 0 Å². The largest absolute Gasteiger partial charge is 0.481 e. The van der Waals surface area contributed by atoms with Crippen molar-refractivity contribution >= 4 is 5.97 Å². The molecule has 98 valence electrons. The van der Waals surface area contributed by atoms with Crippen molar-refractivity contribution < 1.29 is 19.4 Å². The van der Waals surface area contributed by atoms with Crippen LogP contribution in [0.15, 0.2) is 0 Å². The van der Waals surface area contributed by atoms with E-state index in [2.05, 4.69) is 11.8 Å². The summed E-state index contributed by atoms with van der Waals surface area (Å²) < 4.78 is 11.3. The summed E-state index contributed by atoms with van der Waals surface area (Å²) in [5, 5.41) is 8.67. The quantitative estimate of drug-likeness (QED) is 0.800. The molecule has 1 N–H and O–H groups in total. The lowest BCUT2D eigenvalue weighted by Gasteiger charge is -2.40. The van der Waals surface area contributed by atoms with Crippen molar-refractivity contribution in [2.24, 2.45) is 0 Å². The number of rotatable bonds is 4. The Kier molecular flexibility index (Phi) is 4.01. The maximum atomic E-state index is 10.5. The van der Waals surface area contributed by atoms with Crippen molar-refractivity contribution in [2.45, 2.75) is 44.4 Å². The van der Waals surface area contributed by atoms with Gasteiger partial charge in [-0.2, -0.15) is 0 Å². The molecule has 2 aliphatic rings. The van der Waals surface area contributed by atoms with E-state index in [0.29, 0.717) is 25.7 Å². The molecule has 2 saturated heterocycles. The van der Waals surface area contributed by atoms with Crippen LogP contribution in [0.1, 0.15) is 32.6 Å². The molecule has 2 aliphatic heterocycles. The average Bonchev–Trinajstić information content (AvgIpc) is 2.75. The highest BCUT2D eigenvalue weighted by atomic mass is 16.7. The predicted molar refractivity (Wildman–Crippen MR) is 61.8 cm³/mol. The Balaban J connectivity index is 1.76. The molecule has 2 rings (SSSR count). The second kappa shape index (κ2) is 5.33. The standard InChI is InChI=1S/C12H21NO4/c1-10(2-3-11(14)15)13-6-4-12(5-7-13)16-8-9-17-12/h10H,2-9H2,1H3,(H,14,15). The third-order valence-corrected chi connectivity index (χ3v) is 3.77. The van der Waals surface area contributed by atoms with E-state index in [1.165, 1.54) is 0 Å². The first kappa shape index (κ1) is 12.8. The van der Waals surface area contributed by atoms with E-state index in [-0.39, 0.29) is 12.2 Å². The van der Waals surface area contributed by atoms with Crippen molar-refractivity contribution in [1.82, 2.24) is 4.90 Å². The Morgan fingerprint density at radius 1 is 1.35 bits per heavy atom. The van der Waals surface area contributed by atoms with Crippen LogP contribution in [0.5, 0.6) is 0 Å². The number of ether oxygens (including phenoxy) is 2. The van der Waals surface area contributed by atoms with Gasteiger partial charge in [0.1, 0.15) is 0 Å². The molecule has 0 aliphatic carbocycles. The average molecular weight is 243 g/mol. The Morgan fingerprint density at radius 2 is 1.94 bits per heavy atom. The SMILES string of the molecule is CC(CCC(=O)O)N1CCC2(CC1)OCCO2. The second-order valence-corrected chi connectivity index (χ2v) is 4.93. The van der Waals surface area contributed by atoms with Gasteiger partial charge in [-0.15, -0.1) is 0 Å². The summed E-state index contributed by atoms with van der Waals surface area (Å²) in [7, 11) is 0. The fourth-order valence-electron chi connectivity index (χ4n) is 2.61. The molecule has 0 amide bonds. The zero-order chi connectivity index (χ0) is 12.3. The molecular formula is C12H21NO4. The number of hydrogen-bond acceptors (Lipinski definition) is 4. The molecule has 5 nitrogen and oxygen atoms in total. The highest BCUT2D eigenvalue weighted by Gasteiger charge is 2.40. The van der Waals surface area contributed by atoms with Crippen LogP contribution in [-0.4, -0.2) is 54.1 Å². The molecule has 1 atom stereocenters. The van der Waals surface area contributed by atoms with E-state index >= 15 is 0 Å². The van der Waals surface area contributed by atoms with E-state index in [4.69, 9.17) is 14.6 Å². The molecule has 1 spiro atoms. The van der Waals surface area contributed by atoms with Gasteiger partial charge in [-0.05, 0) is 13.3 Å². The van der Waals surface area contributed by atoms with Crippen LogP contribution in [0.4, 0.5) is 0 Å². The lowest BCUT2D eigenvalue weighted by molar-refractivity contribution is -0.187. The molecule has 2 fully saturated rings. The third kappa shape index (κ3) is 3.18. The molecule has 2 heterocycles. The van der Waals surface area contributed by atoms with Gasteiger partial charge in [0.2, 0.25) is 0 Å². The number of nitrogens with zero attached hydrogens (tertiary/aromatic N) is 1. The lowest BCUT2D eigenvalue weighted by atomic mass is 10.0. The van der Waals surface area contributed by atoms with Crippen LogP contribution in [0.25, 0.3) is 0 Å². The third-order valence-electron chi connectivity index (χ3n) is 3.77. The number of piperidine rings is 1. The summed E-state index contributed by atoms with van der Waals surface area (Å²) in [6.07, 6.45) is 2.74. The molecule has 1 unspecified atom stereocenters. The van der Waals surface area contributed by atoms with Gasteiger partial charge in [0.15, 0.2) is 5.79 Å². The maximum absolute atomic E-state index is 10.5. The van der Waals surface area contributed by atoms with E-state index in [9.17, 15) is 4.79 Å². The number of carboxylic acid groups (broad SMARTS) is 1. The van der Waals surface area contributed by atoms with E-state index in [0.717, 1.165) is 25.9 Å². The fraction of sp³-hybridized carbons (Fsp3) is 0.917. The molecule has 0 aromatic rings. The summed E-state index contributed by atoms with van der Waals surface area (Å²) in [6, 6.07) is 0.324. The zero-order valence-electron chi connectivity index (χ0n) is 10.4. The molecule has 17 heavy (non-hydrogen) atoms. The van der Waals surface area contributed by atoms with Crippen LogP contribution in [0, 0.1) is 0 Å². The van der Waals surface area contributed by atoms with Crippen molar-refractivity contribution in [3.63, 3.8) is 0 Å². The first-order valence-electron chi connectivity index (χ1n) is 6.35. The fourth-order valence-corrected chi connectivity index (χ4v) is 2.61. The van der Waals surface area contributed by atoms with E-state index in [1.54, 1.807) is 0 Å². The van der Waals surface area contributed by atoms with Crippen LogP contribution < -0.4 is 0 Å². The summed E-state index contributed by atoms with van der Waals surface area (Å²) in [5.41, 5.74) is 0. The number of hydrogen-bond donors (Lipinski definition) is 1. The minimum absolute atomic E-state index is 0.246. The summed E-state index contributed by atoms with van der Waals surface area (Å²) in [5.74, 6) is -1.05. The first-order valence-corrected chi connectivity index (χ1v) is 6.35. The van der Waals surface area contributed by atoms with E-state index in [1.807, 2.05) is 0 Å². The van der Waals surface area contributed by atoms with Gasteiger partial charge in [-0.3, -0.25) is 4.79 Å². The van der Waals surface area contributed by atoms with Crippen LogP contribution in [-0.2, 0) is 14.3 Å². The topological polar surface area (TPSA) is 59.0 Å². The molecule has 0 bridgehead atoms. The highest BCUT2D eigenvalue weighted by Crippen LogP contribution is 2.32. The second-order valence-electron chi connectivity index (χ2n) is 4.93. The van der Waals surface area contributed by atoms with Crippen molar-refractivity contribution in [3.05, 3.63) is 0 Å². The van der Waals surface area contributed by atoms with Gasteiger partial charge in [0, 0.05) is 38.4 Å². The van der Waals surface area contributed by atoms with Crippen LogP contribution in [0.2, 0.25) is 0 Å². The van der Waals surface area contributed by atoms with Crippen LogP contribution >= 0.6 is 0 Å². The molecule has 5 heteroatoms. The summed E-state index contributed by atoms with van der Waals surface area (Å²) in [6.45, 7) is 5.36. The summed E-state index contributed by atoms with van der Waals surface area (Å²) in [4.78, 5) is 12.9. The van der Waals surface area contributed by atoms with E-state index < -0.39 is 5.97 Å². The maximum Gasteiger partial charge on any atom is 0.303 e. The Hall–Kier alpha value is -0.650. The molecule has 0 aromatic carbocycles. The highest BCUT2D eigenvalue weighted by molar-refractivity contribution is 5.66. The number of likely N-dealkylation sites (tertiary alicyclic amines) is 1. The molecule has 0 aromatic heterocycles. The van der Waals surface area contributed by atoms with Gasteiger partial charge in [0.05, 0.1) is 13.2 Å². The monoisotopic (exact) mass is 243 g/mol. The van der Waals surface area contributed by atoms with Crippen molar-refractivity contribution in [1.29, 1.82) is 0 Å².